The highest BCUT2D eigenvalue weighted by Gasteiger charge is 2.58. The second-order valence-corrected chi connectivity index (χ2v) is 10.6. The number of hydrogen-bond acceptors (Lipinski definition) is 6. The van der Waals surface area contributed by atoms with Gasteiger partial charge in [0.05, 0.1) is 0 Å². The Morgan fingerprint density at radius 3 is 2.52 bits per heavy atom. The Labute approximate surface area is 228 Å². The van der Waals surface area contributed by atoms with Crippen molar-refractivity contribution in [1.82, 2.24) is 9.80 Å². The van der Waals surface area contributed by atoms with Crippen molar-refractivity contribution in [3.8, 4) is 0 Å². The average molecular weight is 559 g/mol. The van der Waals surface area contributed by atoms with E-state index in [9.17, 15) is 32.3 Å². The van der Waals surface area contributed by atoms with Crippen molar-refractivity contribution in [3.63, 3.8) is 0 Å². The number of nitrogens with one attached hydrogen (secondary N) is 1. The normalized spacial score (nSPS) is 21.7. The van der Waals surface area contributed by atoms with Gasteiger partial charge in [0.15, 0.2) is 6.04 Å². The van der Waals surface area contributed by atoms with Crippen molar-refractivity contribution in [3.05, 3.63) is 65.2 Å². The monoisotopic (exact) mass is 558 g/mol. The number of carbonyl (C=O) groups excluding carboxylic acids is 4. The van der Waals surface area contributed by atoms with E-state index in [4.69, 9.17) is 10.5 Å². The Morgan fingerprint density at radius 1 is 1.18 bits per heavy atom. The minimum atomic E-state index is -4.90. The van der Waals surface area contributed by atoms with Gasteiger partial charge < -0.3 is 20.7 Å². The fraction of sp³-hybridized carbons (Fsp3) is 0.429. The SMILES string of the molecule is C[C@@H](C1CC1)N(Cc1ccccc1)C(=O)CN1C(=O)O[C@@]2(CCc3cc(NC(=O)[C@H](N)C(F)(F)F)ccc32)C1=O. The number of nitrogens with two attached hydrogens (primary N) is 1. The van der Waals surface area contributed by atoms with Gasteiger partial charge in [-0.1, -0.05) is 36.4 Å². The summed E-state index contributed by atoms with van der Waals surface area (Å²) in [5, 5.41) is 2.13. The zero-order valence-electron chi connectivity index (χ0n) is 21.7. The van der Waals surface area contributed by atoms with Gasteiger partial charge in [0.25, 0.3) is 11.8 Å². The summed E-state index contributed by atoms with van der Waals surface area (Å²) in [5.74, 6) is -2.10. The molecule has 4 amide bonds. The number of benzene rings is 2. The number of carbonyl (C=O) groups is 4. The van der Waals surface area contributed by atoms with Gasteiger partial charge >= 0.3 is 12.3 Å². The zero-order valence-corrected chi connectivity index (χ0v) is 21.7. The molecular weight excluding hydrogens is 529 g/mol. The van der Waals surface area contributed by atoms with Gasteiger partial charge in [0.2, 0.25) is 11.5 Å². The van der Waals surface area contributed by atoms with Crippen LogP contribution in [-0.2, 0) is 37.7 Å². The standard InChI is InChI=1S/C28H29F3N4O5/c1-16(18-7-8-18)34(14-17-5-3-2-4-6-17)22(36)15-35-25(38)27(40-26(35)39)12-11-19-13-20(9-10-21(19)27)33-24(37)23(32)28(29,30)31/h2-6,9-10,13,16,18,23H,7-8,11-12,14-15,32H2,1H3,(H,33,37)/t16-,23-,27+/m0/s1. The number of aryl methyl sites for hydroxylation is 1. The topological polar surface area (TPSA) is 122 Å². The first kappa shape index (κ1) is 27.6. The first-order chi connectivity index (χ1) is 18.9. The lowest BCUT2D eigenvalue weighted by atomic mass is 9.94. The van der Waals surface area contributed by atoms with Crippen molar-refractivity contribution in [2.24, 2.45) is 11.7 Å². The zero-order chi connectivity index (χ0) is 28.8. The molecule has 1 aliphatic heterocycles. The number of hydrogen-bond donors (Lipinski definition) is 2. The number of anilines is 1. The van der Waals surface area contributed by atoms with Crippen LogP contribution in [0.5, 0.6) is 0 Å². The molecule has 3 aliphatic rings. The molecule has 3 N–H and O–H groups in total. The predicted octanol–water partition coefficient (Wildman–Crippen LogP) is 3.46. The first-order valence-electron chi connectivity index (χ1n) is 13.1. The largest absolute Gasteiger partial charge is 0.427 e. The molecule has 0 radical (unpaired) electrons. The van der Waals surface area contributed by atoms with Crippen molar-refractivity contribution in [2.75, 3.05) is 11.9 Å². The molecule has 2 aromatic carbocycles. The number of fused-ring (bicyclic) bond motifs is 2. The highest BCUT2D eigenvalue weighted by molar-refractivity contribution is 6.06. The Balaban J connectivity index is 1.32. The van der Waals surface area contributed by atoms with E-state index in [-0.39, 0.29) is 30.5 Å². The first-order valence-corrected chi connectivity index (χ1v) is 13.1. The molecule has 2 aromatic rings. The molecule has 3 atom stereocenters. The molecule has 2 fully saturated rings. The predicted molar refractivity (Wildman–Crippen MR) is 136 cm³/mol. The Morgan fingerprint density at radius 2 is 1.88 bits per heavy atom. The summed E-state index contributed by atoms with van der Waals surface area (Å²) in [5.41, 5.74) is 5.22. The van der Waals surface area contributed by atoms with Crippen LogP contribution in [0.15, 0.2) is 48.5 Å². The number of rotatable bonds is 8. The third-order valence-electron chi connectivity index (χ3n) is 7.87. The van der Waals surface area contributed by atoms with Gasteiger partial charge in [0.1, 0.15) is 6.54 Å². The van der Waals surface area contributed by atoms with Crippen LogP contribution in [0.25, 0.3) is 0 Å². The molecule has 0 bridgehead atoms. The maximum Gasteiger partial charge on any atom is 0.418 e. The molecular formula is C28H29F3N4O5. The number of alkyl halides is 3. The van der Waals surface area contributed by atoms with Crippen molar-refractivity contribution in [2.45, 2.75) is 63.0 Å². The summed E-state index contributed by atoms with van der Waals surface area (Å²) in [6, 6.07) is 10.9. The molecule has 0 unspecified atom stereocenters. The van der Waals surface area contributed by atoms with Crippen molar-refractivity contribution >= 4 is 29.5 Å². The minimum absolute atomic E-state index is 0.0647. The van der Waals surface area contributed by atoms with Crippen LogP contribution in [0.1, 0.15) is 42.9 Å². The summed E-state index contributed by atoms with van der Waals surface area (Å²) in [6.45, 7) is 1.84. The smallest absolute Gasteiger partial charge is 0.418 e. The van der Waals surface area contributed by atoms with E-state index in [0.717, 1.165) is 23.3 Å². The maximum atomic E-state index is 13.6. The lowest BCUT2D eigenvalue weighted by Crippen LogP contribution is -2.47. The lowest BCUT2D eigenvalue weighted by molar-refractivity contribution is -0.159. The summed E-state index contributed by atoms with van der Waals surface area (Å²) in [4.78, 5) is 54.4. The van der Waals surface area contributed by atoms with Gasteiger partial charge in [-0.15, -0.1) is 0 Å². The Kier molecular flexibility index (Phi) is 7.07. The van der Waals surface area contributed by atoms with E-state index in [0.29, 0.717) is 23.6 Å². The number of halogens is 3. The van der Waals surface area contributed by atoms with E-state index >= 15 is 0 Å². The molecule has 2 aliphatic carbocycles. The third kappa shape index (κ3) is 5.15. The van der Waals surface area contributed by atoms with Crippen LogP contribution in [-0.4, -0.2) is 58.4 Å². The molecule has 5 rings (SSSR count). The van der Waals surface area contributed by atoms with E-state index in [1.54, 1.807) is 4.90 Å². The molecule has 1 saturated carbocycles. The Bertz CT molecular complexity index is 1350. The van der Waals surface area contributed by atoms with Crippen LogP contribution in [0.4, 0.5) is 23.7 Å². The van der Waals surface area contributed by atoms with Crippen LogP contribution in [0.2, 0.25) is 0 Å². The van der Waals surface area contributed by atoms with Gasteiger partial charge in [-0.05, 0) is 55.4 Å². The Hall–Kier alpha value is -3.93. The third-order valence-corrected chi connectivity index (χ3v) is 7.87. The van der Waals surface area contributed by atoms with Gasteiger partial charge in [-0.3, -0.25) is 14.4 Å². The molecule has 0 aromatic heterocycles. The van der Waals surface area contributed by atoms with Crippen LogP contribution < -0.4 is 11.1 Å². The van der Waals surface area contributed by atoms with Crippen LogP contribution in [0.3, 0.4) is 0 Å². The van der Waals surface area contributed by atoms with Gasteiger partial charge in [0, 0.05) is 30.3 Å². The molecule has 212 valence electrons. The van der Waals surface area contributed by atoms with Gasteiger partial charge in [-0.25, -0.2) is 9.69 Å². The molecule has 1 spiro atoms. The highest BCUT2D eigenvalue weighted by atomic mass is 19.4. The second kappa shape index (κ2) is 10.2. The molecule has 9 nitrogen and oxygen atoms in total. The van der Waals surface area contributed by atoms with Crippen molar-refractivity contribution in [1.29, 1.82) is 0 Å². The average Bonchev–Trinajstić information content (AvgIpc) is 3.67. The number of amides is 4. The van der Waals surface area contributed by atoms with Crippen LogP contribution >= 0.6 is 0 Å². The van der Waals surface area contributed by atoms with E-state index < -0.39 is 42.3 Å². The maximum absolute atomic E-state index is 13.6. The highest BCUT2D eigenvalue weighted by Crippen LogP contribution is 2.46. The van der Waals surface area contributed by atoms with E-state index in [1.807, 2.05) is 37.3 Å². The van der Waals surface area contributed by atoms with E-state index in [1.165, 1.54) is 18.2 Å². The number of ether oxygens (including phenoxy) is 1. The minimum Gasteiger partial charge on any atom is -0.427 e. The van der Waals surface area contributed by atoms with Crippen molar-refractivity contribution < 1.29 is 37.1 Å². The fourth-order valence-corrected chi connectivity index (χ4v) is 5.40. The molecule has 1 heterocycles. The summed E-state index contributed by atoms with van der Waals surface area (Å²) < 4.78 is 43.9. The molecule has 1 saturated heterocycles. The fourth-order valence-electron chi connectivity index (χ4n) is 5.40. The quantitative estimate of drug-likeness (QED) is 0.512. The van der Waals surface area contributed by atoms with E-state index in [2.05, 4.69) is 5.32 Å². The molecule has 40 heavy (non-hydrogen) atoms. The number of nitrogens with zero attached hydrogens (tertiary/aromatic N) is 2. The summed E-state index contributed by atoms with van der Waals surface area (Å²) in [7, 11) is 0. The second-order valence-electron chi connectivity index (χ2n) is 10.6. The summed E-state index contributed by atoms with van der Waals surface area (Å²) >= 11 is 0. The summed E-state index contributed by atoms with van der Waals surface area (Å²) in [6.07, 6.45) is -3.45. The number of imide groups is 1. The lowest BCUT2D eigenvalue weighted by Gasteiger charge is -2.30. The molecule has 12 heteroatoms. The van der Waals surface area contributed by atoms with Gasteiger partial charge in [-0.2, -0.15) is 13.2 Å². The van der Waals surface area contributed by atoms with Crippen LogP contribution in [0, 0.1) is 5.92 Å².